The van der Waals surface area contributed by atoms with E-state index in [2.05, 4.69) is 20.4 Å². The number of aryl methyl sites for hydroxylation is 2. The predicted molar refractivity (Wildman–Crippen MR) is 100 cm³/mol. The molecule has 7 nitrogen and oxygen atoms in total. The summed E-state index contributed by atoms with van der Waals surface area (Å²) >= 11 is 0. The summed E-state index contributed by atoms with van der Waals surface area (Å²) in [7, 11) is 0. The maximum atomic E-state index is 12.3. The van der Waals surface area contributed by atoms with Gasteiger partial charge in [-0.1, -0.05) is 23.4 Å². The van der Waals surface area contributed by atoms with Crippen LogP contribution in [0.25, 0.3) is 11.0 Å². The van der Waals surface area contributed by atoms with Gasteiger partial charge in [-0.05, 0) is 38.1 Å². The molecule has 0 spiro atoms. The van der Waals surface area contributed by atoms with Gasteiger partial charge in [0.25, 0.3) is 5.91 Å². The monoisotopic (exact) mass is 361 g/mol. The standard InChI is InChI=1S/C20H19N5O2/c1-13-6-5-7-15(22-13)11-21-20(26)18-10-16(27-24-18)12-25-14(2)23-17-8-3-4-9-19(17)25/h3-10H,11-12H2,1-2H3,(H,21,26). The number of pyridine rings is 1. The number of imidazole rings is 1. The Morgan fingerprint density at radius 1 is 1.11 bits per heavy atom. The molecular formula is C20H19N5O2. The molecule has 0 radical (unpaired) electrons. The Bertz CT molecular complexity index is 1110. The Hall–Kier alpha value is -3.48. The fraction of sp³-hybridized carbons (Fsp3) is 0.200. The fourth-order valence-electron chi connectivity index (χ4n) is 3.01. The summed E-state index contributed by atoms with van der Waals surface area (Å²) in [6.45, 7) is 4.66. The zero-order valence-electron chi connectivity index (χ0n) is 15.1. The molecule has 0 aliphatic carbocycles. The summed E-state index contributed by atoms with van der Waals surface area (Å²) in [5, 5.41) is 6.71. The number of carbonyl (C=O) groups is 1. The number of hydrogen-bond donors (Lipinski definition) is 1. The molecule has 0 saturated carbocycles. The van der Waals surface area contributed by atoms with Crippen LogP contribution in [0.1, 0.15) is 33.5 Å². The summed E-state index contributed by atoms with van der Waals surface area (Å²) in [6.07, 6.45) is 0. The first-order chi connectivity index (χ1) is 13.1. The molecule has 4 rings (SSSR count). The summed E-state index contributed by atoms with van der Waals surface area (Å²) < 4.78 is 7.40. The Morgan fingerprint density at radius 2 is 1.96 bits per heavy atom. The van der Waals surface area contributed by atoms with Crippen molar-refractivity contribution < 1.29 is 9.32 Å². The fourth-order valence-corrected chi connectivity index (χ4v) is 3.01. The lowest BCUT2D eigenvalue weighted by atomic mass is 10.3. The second-order valence-electron chi connectivity index (χ2n) is 6.37. The van der Waals surface area contributed by atoms with Gasteiger partial charge in [-0.25, -0.2) is 4.98 Å². The molecule has 4 aromatic rings. The van der Waals surface area contributed by atoms with Crippen molar-refractivity contribution in [3.63, 3.8) is 0 Å². The van der Waals surface area contributed by atoms with Crippen molar-refractivity contribution in [3.8, 4) is 0 Å². The maximum Gasteiger partial charge on any atom is 0.273 e. The third kappa shape index (κ3) is 3.57. The zero-order valence-corrected chi connectivity index (χ0v) is 15.1. The first-order valence-corrected chi connectivity index (χ1v) is 8.68. The van der Waals surface area contributed by atoms with Gasteiger partial charge in [0, 0.05) is 11.8 Å². The van der Waals surface area contributed by atoms with E-state index in [0.29, 0.717) is 18.8 Å². The normalized spacial score (nSPS) is 11.0. The molecule has 3 aromatic heterocycles. The van der Waals surface area contributed by atoms with Gasteiger partial charge in [0.05, 0.1) is 29.8 Å². The summed E-state index contributed by atoms with van der Waals surface area (Å²) in [5.41, 5.74) is 3.90. The van der Waals surface area contributed by atoms with Crippen LogP contribution in [-0.2, 0) is 13.1 Å². The maximum absolute atomic E-state index is 12.3. The van der Waals surface area contributed by atoms with Crippen molar-refractivity contribution in [3.05, 3.63) is 77.2 Å². The van der Waals surface area contributed by atoms with Crippen LogP contribution in [0.4, 0.5) is 0 Å². The lowest BCUT2D eigenvalue weighted by Gasteiger charge is -2.03. The van der Waals surface area contributed by atoms with Crippen LogP contribution in [-0.4, -0.2) is 25.6 Å². The summed E-state index contributed by atoms with van der Waals surface area (Å²) in [4.78, 5) is 21.2. The lowest BCUT2D eigenvalue weighted by Crippen LogP contribution is -2.23. The topological polar surface area (TPSA) is 85.8 Å². The van der Waals surface area contributed by atoms with Crippen LogP contribution in [0.5, 0.6) is 0 Å². The van der Waals surface area contributed by atoms with Crippen LogP contribution in [0.2, 0.25) is 0 Å². The molecule has 1 amide bonds. The third-order valence-electron chi connectivity index (χ3n) is 4.33. The smallest absolute Gasteiger partial charge is 0.273 e. The van der Waals surface area contributed by atoms with Gasteiger partial charge >= 0.3 is 0 Å². The number of amides is 1. The summed E-state index contributed by atoms with van der Waals surface area (Å²) in [5.74, 6) is 1.18. The molecule has 3 heterocycles. The first-order valence-electron chi connectivity index (χ1n) is 8.68. The molecule has 27 heavy (non-hydrogen) atoms. The highest BCUT2D eigenvalue weighted by Crippen LogP contribution is 2.17. The van der Waals surface area contributed by atoms with Crippen molar-refractivity contribution in [2.45, 2.75) is 26.9 Å². The second kappa shape index (κ2) is 7.03. The van der Waals surface area contributed by atoms with Gasteiger partial charge in [-0.2, -0.15) is 0 Å². The molecule has 1 aromatic carbocycles. The summed E-state index contributed by atoms with van der Waals surface area (Å²) in [6, 6.07) is 15.3. The Morgan fingerprint density at radius 3 is 2.81 bits per heavy atom. The second-order valence-corrected chi connectivity index (χ2v) is 6.37. The highest BCUT2D eigenvalue weighted by atomic mass is 16.5. The predicted octanol–water partition coefficient (Wildman–Crippen LogP) is 3.01. The number of fused-ring (bicyclic) bond motifs is 1. The van der Waals surface area contributed by atoms with E-state index < -0.39 is 0 Å². The van der Waals surface area contributed by atoms with Gasteiger partial charge in [-0.15, -0.1) is 0 Å². The van der Waals surface area contributed by atoms with Gasteiger partial charge in [0.15, 0.2) is 11.5 Å². The number of hydrogen-bond acceptors (Lipinski definition) is 5. The van der Waals surface area contributed by atoms with Crippen molar-refractivity contribution in [1.29, 1.82) is 0 Å². The van der Waals surface area contributed by atoms with Gasteiger partial charge < -0.3 is 14.4 Å². The highest BCUT2D eigenvalue weighted by Gasteiger charge is 2.15. The molecule has 0 fully saturated rings. The minimum atomic E-state index is -0.291. The minimum absolute atomic E-state index is 0.250. The van der Waals surface area contributed by atoms with E-state index in [1.807, 2.05) is 60.9 Å². The van der Waals surface area contributed by atoms with Crippen molar-refractivity contribution in [1.82, 2.24) is 25.0 Å². The molecule has 1 N–H and O–H groups in total. The molecule has 0 bridgehead atoms. The third-order valence-corrected chi connectivity index (χ3v) is 4.33. The van der Waals surface area contributed by atoms with E-state index in [0.717, 1.165) is 28.2 Å². The zero-order chi connectivity index (χ0) is 18.8. The van der Waals surface area contributed by atoms with E-state index >= 15 is 0 Å². The molecule has 0 unspecified atom stereocenters. The van der Waals surface area contributed by atoms with E-state index in [4.69, 9.17) is 4.52 Å². The first kappa shape index (κ1) is 17.0. The number of carbonyl (C=O) groups excluding carboxylic acids is 1. The SMILES string of the molecule is Cc1cccc(CNC(=O)c2cc(Cn3c(C)nc4ccccc43)on2)n1. The average molecular weight is 361 g/mol. The number of nitrogens with zero attached hydrogens (tertiary/aromatic N) is 4. The Kier molecular flexibility index (Phi) is 4.42. The van der Waals surface area contributed by atoms with Crippen LogP contribution >= 0.6 is 0 Å². The van der Waals surface area contributed by atoms with Crippen LogP contribution < -0.4 is 5.32 Å². The van der Waals surface area contributed by atoms with Crippen LogP contribution in [0.15, 0.2) is 53.1 Å². The quantitative estimate of drug-likeness (QED) is 0.590. The number of benzene rings is 1. The molecule has 0 saturated heterocycles. The van der Waals surface area contributed by atoms with Crippen molar-refractivity contribution >= 4 is 16.9 Å². The van der Waals surface area contributed by atoms with E-state index in [1.54, 1.807) is 6.07 Å². The van der Waals surface area contributed by atoms with E-state index in [9.17, 15) is 4.79 Å². The van der Waals surface area contributed by atoms with Crippen LogP contribution in [0.3, 0.4) is 0 Å². The van der Waals surface area contributed by atoms with Gasteiger partial charge in [0.2, 0.25) is 0 Å². The molecule has 0 atom stereocenters. The van der Waals surface area contributed by atoms with Gasteiger partial charge in [0.1, 0.15) is 5.82 Å². The van der Waals surface area contributed by atoms with Gasteiger partial charge in [-0.3, -0.25) is 9.78 Å². The lowest BCUT2D eigenvalue weighted by molar-refractivity contribution is 0.0941. The molecule has 0 aliphatic rings. The molecule has 7 heteroatoms. The number of rotatable bonds is 5. The number of nitrogens with one attached hydrogen (secondary N) is 1. The van der Waals surface area contributed by atoms with E-state index in [1.165, 1.54) is 0 Å². The number of para-hydroxylation sites is 2. The Balaban J connectivity index is 1.46. The highest BCUT2D eigenvalue weighted by molar-refractivity contribution is 5.92. The van der Waals surface area contributed by atoms with E-state index in [-0.39, 0.29) is 11.6 Å². The molecular weight excluding hydrogens is 342 g/mol. The Labute approximate surface area is 156 Å². The number of aromatic nitrogens is 4. The van der Waals surface area contributed by atoms with Crippen molar-refractivity contribution in [2.75, 3.05) is 0 Å². The average Bonchev–Trinajstić information content (AvgIpc) is 3.25. The molecule has 136 valence electrons. The molecule has 0 aliphatic heterocycles. The van der Waals surface area contributed by atoms with Crippen LogP contribution in [0, 0.1) is 13.8 Å². The minimum Gasteiger partial charge on any atom is -0.359 e. The largest absolute Gasteiger partial charge is 0.359 e. The van der Waals surface area contributed by atoms with Crippen molar-refractivity contribution in [2.24, 2.45) is 0 Å².